The minimum absolute atomic E-state index is 0.105. The molecule has 23 heavy (non-hydrogen) atoms. The van der Waals surface area contributed by atoms with Gasteiger partial charge in [-0.15, -0.1) is 0 Å². The SMILES string of the molecule is CN(C)c1ccc(C(O)CNS(=O)(=O)c2ccc(Cl)cc2)cc1. The van der Waals surface area contributed by atoms with Gasteiger partial charge in [0.2, 0.25) is 10.0 Å². The average Bonchev–Trinajstić information content (AvgIpc) is 2.53. The van der Waals surface area contributed by atoms with Crippen LogP contribution in [-0.2, 0) is 10.0 Å². The van der Waals surface area contributed by atoms with Gasteiger partial charge in [0.15, 0.2) is 0 Å². The lowest BCUT2D eigenvalue weighted by Gasteiger charge is -2.16. The van der Waals surface area contributed by atoms with Crippen molar-refractivity contribution in [2.75, 3.05) is 25.5 Å². The van der Waals surface area contributed by atoms with Crippen LogP contribution in [0, 0.1) is 0 Å². The molecule has 0 saturated carbocycles. The molecule has 0 aliphatic carbocycles. The minimum Gasteiger partial charge on any atom is -0.387 e. The third kappa shape index (κ3) is 4.68. The zero-order valence-electron chi connectivity index (χ0n) is 12.9. The van der Waals surface area contributed by atoms with Crippen molar-refractivity contribution in [2.24, 2.45) is 0 Å². The molecule has 0 aliphatic heterocycles. The van der Waals surface area contributed by atoms with Crippen molar-refractivity contribution in [1.29, 1.82) is 0 Å². The van der Waals surface area contributed by atoms with Gasteiger partial charge in [0.1, 0.15) is 0 Å². The summed E-state index contributed by atoms with van der Waals surface area (Å²) in [4.78, 5) is 2.05. The van der Waals surface area contributed by atoms with Gasteiger partial charge in [-0.05, 0) is 42.0 Å². The Labute approximate surface area is 141 Å². The fourth-order valence-corrected chi connectivity index (χ4v) is 3.16. The van der Waals surface area contributed by atoms with Gasteiger partial charge < -0.3 is 10.0 Å². The van der Waals surface area contributed by atoms with Crippen LogP contribution in [0.3, 0.4) is 0 Å². The predicted molar refractivity (Wildman–Crippen MR) is 92.4 cm³/mol. The van der Waals surface area contributed by atoms with Crippen LogP contribution < -0.4 is 9.62 Å². The highest BCUT2D eigenvalue weighted by Gasteiger charge is 2.16. The van der Waals surface area contributed by atoms with Gasteiger partial charge in [-0.25, -0.2) is 13.1 Å². The molecule has 2 N–H and O–H groups in total. The van der Waals surface area contributed by atoms with E-state index in [0.717, 1.165) is 5.69 Å². The Bertz CT molecular complexity index is 744. The highest BCUT2D eigenvalue weighted by molar-refractivity contribution is 7.89. The van der Waals surface area contributed by atoms with Crippen molar-refractivity contribution in [1.82, 2.24) is 4.72 Å². The van der Waals surface area contributed by atoms with E-state index < -0.39 is 16.1 Å². The normalized spacial score (nSPS) is 12.9. The van der Waals surface area contributed by atoms with E-state index in [4.69, 9.17) is 11.6 Å². The summed E-state index contributed by atoms with van der Waals surface area (Å²) in [6, 6.07) is 13.1. The monoisotopic (exact) mass is 354 g/mol. The first-order valence-electron chi connectivity index (χ1n) is 7.00. The molecule has 0 bridgehead atoms. The number of nitrogens with one attached hydrogen (secondary N) is 1. The van der Waals surface area contributed by atoms with Crippen molar-refractivity contribution in [3.63, 3.8) is 0 Å². The van der Waals surface area contributed by atoms with E-state index in [9.17, 15) is 13.5 Å². The Balaban J connectivity index is 2.03. The van der Waals surface area contributed by atoms with Gasteiger partial charge in [-0.3, -0.25) is 0 Å². The maximum atomic E-state index is 12.2. The van der Waals surface area contributed by atoms with E-state index in [1.165, 1.54) is 24.3 Å². The number of halogens is 1. The third-order valence-electron chi connectivity index (χ3n) is 3.38. The topological polar surface area (TPSA) is 69.6 Å². The number of nitrogens with zero attached hydrogens (tertiary/aromatic N) is 1. The summed E-state index contributed by atoms with van der Waals surface area (Å²) in [5, 5.41) is 10.6. The molecule has 0 spiro atoms. The maximum absolute atomic E-state index is 12.2. The fourth-order valence-electron chi connectivity index (χ4n) is 2.00. The van der Waals surface area contributed by atoms with Crippen molar-refractivity contribution in [2.45, 2.75) is 11.0 Å². The van der Waals surface area contributed by atoms with E-state index in [2.05, 4.69) is 4.72 Å². The van der Waals surface area contributed by atoms with Crippen molar-refractivity contribution < 1.29 is 13.5 Å². The van der Waals surface area contributed by atoms with Gasteiger partial charge in [-0.1, -0.05) is 23.7 Å². The molecular formula is C16H19ClN2O3S. The summed E-state index contributed by atoms with van der Waals surface area (Å²) in [5.74, 6) is 0. The van der Waals surface area contributed by atoms with E-state index in [-0.39, 0.29) is 11.4 Å². The summed E-state index contributed by atoms with van der Waals surface area (Å²) in [5.41, 5.74) is 1.65. The summed E-state index contributed by atoms with van der Waals surface area (Å²) >= 11 is 5.75. The highest BCUT2D eigenvalue weighted by atomic mass is 35.5. The quantitative estimate of drug-likeness (QED) is 0.835. The van der Waals surface area contributed by atoms with Gasteiger partial charge in [0, 0.05) is 31.4 Å². The second-order valence-electron chi connectivity index (χ2n) is 5.31. The molecule has 1 atom stereocenters. The van der Waals surface area contributed by atoms with E-state index in [0.29, 0.717) is 10.6 Å². The molecule has 5 nitrogen and oxygen atoms in total. The van der Waals surface area contributed by atoms with E-state index >= 15 is 0 Å². The third-order valence-corrected chi connectivity index (χ3v) is 5.08. The van der Waals surface area contributed by atoms with E-state index in [1.807, 2.05) is 31.1 Å². The largest absolute Gasteiger partial charge is 0.387 e. The molecule has 0 amide bonds. The molecule has 124 valence electrons. The van der Waals surface area contributed by atoms with Crippen LogP contribution in [-0.4, -0.2) is 34.2 Å². The zero-order valence-corrected chi connectivity index (χ0v) is 14.5. The maximum Gasteiger partial charge on any atom is 0.240 e. The van der Waals surface area contributed by atoms with Crippen LogP contribution in [0.5, 0.6) is 0 Å². The molecule has 2 aromatic rings. The van der Waals surface area contributed by atoms with Gasteiger partial charge in [0.25, 0.3) is 0 Å². The van der Waals surface area contributed by atoms with Gasteiger partial charge in [-0.2, -0.15) is 0 Å². The minimum atomic E-state index is -3.68. The molecule has 0 saturated heterocycles. The summed E-state index contributed by atoms with van der Waals surface area (Å²) in [6.07, 6.45) is -0.923. The highest BCUT2D eigenvalue weighted by Crippen LogP contribution is 2.19. The second-order valence-corrected chi connectivity index (χ2v) is 7.51. The summed E-state index contributed by atoms with van der Waals surface area (Å²) < 4.78 is 26.7. The number of sulfonamides is 1. The van der Waals surface area contributed by atoms with Crippen molar-refractivity contribution in [3.8, 4) is 0 Å². The fraction of sp³-hybridized carbons (Fsp3) is 0.250. The first-order chi connectivity index (χ1) is 10.8. The number of hydrogen-bond acceptors (Lipinski definition) is 4. The van der Waals surface area contributed by atoms with Crippen LogP contribution in [0.15, 0.2) is 53.4 Å². The van der Waals surface area contributed by atoms with E-state index in [1.54, 1.807) is 12.1 Å². The zero-order chi connectivity index (χ0) is 17.0. The van der Waals surface area contributed by atoms with Crippen LogP contribution in [0.4, 0.5) is 5.69 Å². The molecular weight excluding hydrogens is 336 g/mol. The molecule has 0 heterocycles. The first kappa shape index (κ1) is 17.7. The Kier molecular flexibility index (Phi) is 5.64. The Morgan fingerprint density at radius 2 is 1.65 bits per heavy atom. The number of aliphatic hydroxyl groups is 1. The van der Waals surface area contributed by atoms with Crippen LogP contribution in [0.1, 0.15) is 11.7 Å². The Morgan fingerprint density at radius 3 is 2.17 bits per heavy atom. The first-order valence-corrected chi connectivity index (χ1v) is 8.86. The smallest absolute Gasteiger partial charge is 0.240 e. The molecule has 0 radical (unpaired) electrons. The van der Waals surface area contributed by atoms with Crippen LogP contribution in [0.2, 0.25) is 5.02 Å². The molecule has 0 aromatic heterocycles. The lowest BCUT2D eigenvalue weighted by Crippen LogP contribution is -2.28. The molecule has 0 fully saturated rings. The van der Waals surface area contributed by atoms with Crippen LogP contribution in [0.25, 0.3) is 0 Å². The Hall–Kier alpha value is -1.60. The summed E-state index contributed by atoms with van der Waals surface area (Å²) in [7, 11) is 0.166. The van der Waals surface area contributed by atoms with Gasteiger partial charge >= 0.3 is 0 Å². The number of hydrogen-bond donors (Lipinski definition) is 2. The van der Waals surface area contributed by atoms with Crippen molar-refractivity contribution in [3.05, 3.63) is 59.1 Å². The van der Waals surface area contributed by atoms with Crippen LogP contribution >= 0.6 is 11.6 Å². The molecule has 0 aliphatic rings. The lowest BCUT2D eigenvalue weighted by molar-refractivity contribution is 0.182. The lowest BCUT2D eigenvalue weighted by atomic mass is 10.1. The Morgan fingerprint density at radius 1 is 1.09 bits per heavy atom. The second kappa shape index (κ2) is 7.31. The standard InChI is InChI=1S/C16H19ClN2O3S/c1-19(2)14-7-3-12(4-8-14)16(20)11-18-23(21,22)15-9-5-13(17)6-10-15/h3-10,16,18,20H,11H2,1-2H3. The summed E-state index contributed by atoms with van der Waals surface area (Å²) in [6.45, 7) is -0.105. The average molecular weight is 355 g/mol. The number of aliphatic hydroxyl groups excluding tert-OH is 1. The van der Waals surface area contributed by atoms with Crippen molar-refractivity contribution >= 4 is 27.3 Å². The number of rotatable bonds is 6. The van der Waals surface area contributed by atoms with Gasteiger partial charge in [0.05, 0.1) is 11.0 Å². The predicted octanol–water partition coefficient (Wildman–Crippen LogP) is 2.42. The molecule has 1 unspecified atom stereocenters. The number of benzene rings is 2. The molecule has 2 aromatic carbocycles. The molecule has 7 heteroatoms. The number of anilines is 1. The molecule has 2 rings (SSSR count).